The second kappa shape index (κ2) is 7.40. The number of ether oxygens (including phenoxy) is 1. The van der Waals surface area contributed by atoms with Crippen molar-refractivity contribution in [1.29, 1.82) is 0 Å². The van der Waals surface area contributed by atoms with Crippen molar-refractivity contribution in [2.75, 3.05) is 43.1 Å². The third-order valence-corrected chi connectivity index (χ3v) is 6.51. The maximum absolute atomic E-state index is 11.6. The molecule has 2 aliphatic rings. The van der Waals surface area contributed by atoms with Crippen LogP contribution in [0.3, 0.4) is 0 Å². The lowest BCUT2D eigenvalue weighted by Crippen LogP contribution is -2.54. The number of β-amino-alcohol motifs (C(OH)–C–C–N with tert-alkyl or cyclic N) is 1. The number of aliphatic hydroxyl groups excluding tert-OH is 1. The Morgan fingerprint density at radius 3 is 2.78 bits per heavy atom. The van der Waals surface area contributed by atoms with Crippen molar-refractivity contribution in [3.05, 3.63) is 29.7 Å². The highest BCUT2D eigenvalue weighted by Gasteiger charge is 2.42. The highest BCUT2D eigenvalue weighted by atomic mass is 32.1. The molecular formula is C18H23N5O3S. The maximum atomic E-state index is 11.6. The Labute approximate surface area is 161 Å². The summed E-state index contributed by atoms with van der Waals surface area (Å²) in [5, 5.41) is 11.3. The summed E-state index contributed by atoms with van der Waals surface area (Å²) >= 11 is 1.37. The van der Waals surface area contributed by atoms with E-state index in [4.69, 9.17) is 4.74 Å². The zero-order valence-corrected chi connectivity index (χ0v) is 16.1. The number of aliphatic hydroxyl groups is 1. The number of anilines is 2. The molecule has 0 saturated carbocycles. The molecule has 2 fully saturated rings. The molecule has 1 spiro atoms. The van der Waals surface area contributed by atoms with Gasteiger partial charge in [0.1, 0.15) is 10.7 Å². The van der Waals surface area contributed by atoms with Gasteiger partial charge in [0.05, 0.1) is 25.6 Å². The third kappa shape index (κ3) is 3.74. The second-order valence-electron chi connectivity index (χ2n) is 7.29. The largest absolute Gasteiger partial charge is 0.465 e. The lowest BCUT2D eigenvalue weighted by Gasteiger charge is -2.49. The Balaban J connectivity index is 1.44. The van der Waals surface area contributed by atoms with E-state index in [-0.39, 0.29) is 17.5 Å². The van der Waals surface area contributed by atoms with Crippen LogP contribution >= 0.6 is 11.3 Å². The normalized spacial score (nSPS) is 22.1. The highest BCUT2D eigenvalue weighted by molar-refractivity contribution is 7.17. The molecule has 2 aromatic rings. The monoisotopic (exact) mass is 389 g/mol. The van der Waals surface area contributed by atoms with E-state index in [0.29, 0.717) is 11.4 Å². The molecule has 1 unspecified atom stereocenters. The van der Waals surface area contributed by atoms with Crippen LogP contribution in [0.25, 0.3) is 0 Å². The van der Waals surface area contributed by atoms with E-state index in [2.05, 4.69) is 24.8 Å². The number of hydrogen-bond acceptors (Lipinski definition) is 9. The molecule has 144 valence electrons. The molecule has 0 radical (unpaired) electrons. The number of carbonyl (C=O) groups is 1. The van der Waals surface area contributed by atoms with Gasteiger partial charge in [0.15, 0.2) is 5.13 Å². The molecule has 1 N–H and O–H groups in total. The van der Waals surface area contributed by atoms with Crippen molar-refractivity contribution < 1.29 is 14.6 Å². The van der Waals surface area contributed by atoms with Gasteiger partial charge in [-0.05, 0) is 24.7 Å². The van der Waals surface area contributed by atoms with E-state index in [1.807, 2.05) is 0 Å². The van der Waals surface area contributed by atoms with Gasteiger partial charge in [0.2, 0.25) is 0 Å². The van der Waals surface area contributed by atoms with E-state index < -0.39 is 0 Å². The fourth-order valence-electron chi connectivity index (χ4n) is 4.12. The molecule has 0 aromatic carbocycles. The van der Waals surface area contributed by atoms with Crippen LogP contribution in [-0.4, -0.2) is 65.4 Å². The topological polar surface area (TPSA) is 91.7 Å². The summed E-state index contributed by atoms with van der Waals surface area (Å²) in [6.07, 6.45) is 9.06. The number of carbonyl (C=O) groups excluding carboxylic acids is 1. The standard InChI is InChI=1S/C18H23N5O3S/c1-26-16(25)14-9-21-17(27-14)22-6-2-18(3-7-22)8-13(24)11-23(12-18)15-10-19-4-5-20-15/h4-5,9-10,13,24H,2-3,6-8,11-12H2,1H3. The Hall–Kier alpha value is -2.26. The molecule has 9 heteroatoms. The first kappa shape index (κ1) is 18.1. The minimum atomic E-state index is -0.363. The van der Waals surface area contributed by atoms with Gasteiger partial charge in [-0.25, -0.2) is 14.8 Å². The molecule has 8 nitrogen and oxygen atoms in total. The molecule has 0 bridgehead atoms. The van der Waals surface area contributed by atoms with Crippen LogP contribution in [0.1, 0.15) is 28.9 Å². The highest BCUT2D eigenvalue weighted by Crippen LogP contribution is 2.42. The Morgan fingerprint density at radius 1 is 1.26 bits per heavy atom. The van der Waals surface area contributed by atoms with Gasteiger partial charge in [-0.15, -0.1) is 0 Å². The zero-order valence-electron chi connectivity index (χ0n) is 15.2. The predicted molar refractivity (Wildman–Crippen MR) is 102 cm³/mol. The fourth-order valence-corrected chi connectivity index (χ4v) is 5.01. The van der Waals surface area contributed by atoms with Crippen LogP contribution in [0.5, 0.6) is 0 Å². The van der Waals surface area contributed by atoms with Crippen molar-refractivity contribution in [3.63, 3.8) is 0 Å². The minimum Gasteiger partial charge on any atom is -0.465 e. The Morgan fingerprint density at radius 2 is 2.07 bits per heavy atom. The number of hydrogen-bond donors (Lipinski definition) is 1. The number of piperidine rings is 2. The molecule has 0 amide bonds. The first-order valence-electron chi connectivity index (χ1n) is 9.07. The number of nitrogens with zero attached hydrogens (tertiary/aromatic N) is 5. The van der Waals surface area contributed by atoms with E-state index in [9.17, 15) is 9.90 Å². The minimum absolute atomic E-state index is 0.0636. The van der Waals surface area contributed by atoms with Crippen LogP contribution in [0.2, 0.25) is 0 Å². The number of esters is 1. The summed E-state index contributed by atoms with van der Waals surface area (Å²) in [5.41, 5.74) is 0.0636. The van der Waals surface area contributed by atoms with Crippen molar-refractivity contribution in [2.24, 2.45) is 5.41 Å². The number of aromatic nitrogens is 3. The van der Waals surface area contributed by atoms with Crippen LogP contribution in [0.15, 0.2) is 24.8 Å². The zero-order chi connectivity index (χ0) is 18.9. The average Bonchev–Trinajstić information content (AvgIpc) is 3.18. The van der Waals surface area contributed by atoms with Gasteiger partial charge >= 0.3 is 5.97 Å². The van der Waals surface area contributed by atoms with Crippen LogP contribution in [-0.2, 0) is 4.74 Å². The van der Waals surface area contributed by atoms with E-state index in [1.54, 1.807) is 24.8 Å². The van der Waals surface area contributed by atoms with Crippen LogP contribution in [0, 0.1) is 5.41 Å². The first-order valence-corrected chi connectivity index (χ1v) is 9.88. The van der Waals surface area contributed by atoms with Crippen LogP contribution in [0.4, 0.5) is 10.9 Å². The second-order valence-corrected chi connectivity index (χ2v) is 8.30. The van der Waals surface area contributed by atoms with E-state index in [0.717, 1.165) is 49.8 Å². The van der Waals surface area contributed by atoms with E-state index in [1.165, 1.54) is 18.4 Å². The van der Waals surface area contributed by atoms with Crippen molar-refractivity contribution >= 4 is 28.3 Å². The van der Waals surface area contributed by atoms with Gasteiger partial charge in [0, 0.05) is 38.6 Å². The van der Waals surface area contributed by atoms with Crippen LogP contribution < -0.4 is 9.80 Å². The van der Waals surface area contributed by atoms with Crippen molar-refractivity contribution in [3.8, 4) is 0 Å². The summed E-state index contributed by atoms with van der Waals surface area (Å²) in [6, 6.07) is 0. The Kier molecular flexibility index (Phi) is 4.96. The summed E-state index contributed by atoms with van der Waals surface area (Å²) < 4.78 is 4.76. The summed E-state index contributed by atoms with van der Waals surface area (Å²) in [5.74, 6) is 0.475. The lowest BCUT2D eigenvalue weighted by molar-refractivity contribution is 0.0592. The molecule has 0 aliphatic carbocycles. The lowest BCUT2D eigenvalue weighted by atomic mass is 9.71. The molecule has 1 atom stereocenters. The smallest absolute Gasteiger partial charge is 0.349 e. The van der Waals surface area contributed by atoms with Gasteiger partial charge in [-0.2, -0.15) is 0 Å². The summed E-state index contributed by atoms with van der Waals surface area (Å²) in [7, 11) is 1.38. The quantitative estimate of drug-likeness (QED) is 0.791. The SMILES string of the molecule is COC(=O)c1cnc(N2CCC3(CC2)CC(O)CN(c2cnccn2)C3)s1. The average molecular weight is 389 g/mol. The predicted octanol–water partition coefficient (Wildman–Crippen LogP) is 1.58. The van der Waals surface area contributed by atoms with Gasteiger partial charge < -0.3 is 19.6 Å². The molecule has 2 saturated heterocycles. The van der Waals surface area contributed by atoms with Crippen molar-refractivity contribution in [2.45, 2.75) is 25.4 Å². The molecule has 4 rings (SSSR count). The maximum Gasteiger partial charge on any atom is 0.349 e. The molecule has 27 heavy (non-hydrogen) atoms. The number of rotatable bonds is 3. The first-order chi connectivity index (χ1) is 13.1. The van der Waals surface area contributed by atoms with E-state index >= 15 is 0 Å². The molecule has 2 aromatic heterocycles. The molecule has 4 heterocycles. The number of thiazole rings is 1. The Bertz CT molecular complexity index is 791. The van der Waals surface area contributed by atoms with Gasteiger partial charge in [-0.3, -0.25) is 4.98 Å². The van der Waals surface area contributed by atoms with Crippen molar-refractivity contribution in [1.82, 2.24) is 15.0 Å². The number of methoxy groups -OCH3 is 1. The third-order valence-electron chi connectivity index (χ3n) is 5.47. The van der Waals surface area contributed by atoms with Gasteiger partial charge in [-0.1, -0.05) is 11.3 Å². The summed E-state index contributed by atoms with van der Waals surface area (Å²) in [6.45, 7) is 3.19. The fraction of sp³-hybridized carbons (Fsp3) is 0.556. The summed E-state index contributed by atoms with van der Waals surface area (Å²) in [4.78, 5) is 29.5. The van der Waals surface area contributed by atoms with Gasteiger partial charge in [0.25, 0.3) is 0 Å². The molecule has 2 aliphatic heterocycles. The molecular weight excluding hydrogens is 366 g/mol.